The number of aromatic nitrogens is 4. The first-order chi connectivity index (χ1) is 15.5. The maximum Gasteiger partial charge on any atom is 0.322 e. The van der Waals surface area contributed by atoms with Crippen molar-refractivity contribution in [3.8, 4) is 0 Å². The Morgan fingerprint density at radius 1 is 0.909 bits per heavy atom. The molecular formula is C25H32N4O3S. The predicted molar refractivity (Wildman–Crippen MR) is 129 cm³/mol. The van der Waals surface area contributed by atoms with Crippen molar-refractivity contribution in [1.82, 2.24) is 14.5 Å². The zero-order valence-corrected chi connectivity index (χ0v) is 20.9. The summed E-state index contributed by atoms with van der Waals surface area (Å²) in [6.45, 7) is 14.9. The number of hydrogen-bond donors (Lipinski definition) is 0. The Morgan fingerprint density at radius 2 is 1.48 bits per heavy atom. The zero-order valence-electron chi connectivity index (χ0n) is 20.1. The van der Waals surface area contributed by atoms with Gasteiger partial charge in [-0.3, -0.25) is 0 Å². The second-order valence-electron chi connectivity index (χ2n) is 9.18. The highest BCUT2D eigenvalue weighted by Crippen LogP contribution is 2.18. The molecule has 0 saturated carbocycles. The van der Waals surface area contributed by atoms with Crippen LogP contribution in [0.3, 0.4) is 0 Å². The third-order valence-electron chi connectivity index (χ3n) is 5.23. The van der Waals surface area contributed by atoms with Gasteiger partial charge in [0.25, 0.3) is 5.65 Å². The molecule has 2 heterocycles. The van der Waals surface area contributed by atoms with Crippen molar-refractivity contribution in [3.63, 3.8) is 0 Å². The van der Waals surface area contributed by atoms with Crippen molar-refractivity contribution in [3.05, 3.63) is 59.9 Å². The fraction of sp³-hybridized carbons (Fsp3) is 0.400. The minimum atomic E-state index is -4.27. The molecule has 4 rings (SSSR count). The van der Waals surface area contributed by atoms with Crippen LogP contribution in [0.5, 0.6) is 0 Å². The number of rotatable bonds is 5. The summed E-state index contributed by atoms with van der Waals surface area (Å²) in [6, 6.07) is 13.9. The molecule has 0 spiro atoms. The Balaban J connectivity index is 0.000000235. The van der Waals surface area contributed by atoms with E-state index in [1.54, 1.807) is 12.1 Å². The number of para-hydroxylation sites is 2. The number of imidazole rings is 1. The van der Waals surface area contributed by atoms with E-state index in [0.717, 1.165) is 41.0 Å². The zero-order chi connectivity index (χ0) is 24.3. The SMILES string of the molecule is Cc1ccc(S(=O)(=O)[O-])cc1.Cc1n(CC(C)C)c2nc3ccccc3nc2[n+]1CC(C)C. The van der Waals surface area contributed by atoms with Gasteiger partial charge < -0.3 is 4.55 Å². The average Bonchev–Trinajstić information content (AvgIpc) is 2.96. The first-order valence-electron chi connectivity index (χ1n) is 11.2. The van der Waals surface area contributed by atoms with Gasteiger partial charge in [-0.2, -0.15) is 0 Å². The van der Waals surface area contributed by atoms with Crippen molar-refractivity contribution in [2.45, 2.75) is 59.5 Å². The number of fused-ring (bicyclic) bond motifs is 2. The molecule has 0 amide bonds. The number of aryl methyl sites for hydroxylation is 1. The second-order valence-corrected chi connectivity index (χ2v) is 10.6. The van der Waals surface area contributed by atoms with E-state index in [0.29, 0.717) is 11.8 Å². The molecule has 0 N–H and O–H groups in total. The van der Waals surface area contributed by atoms with Gasteiger partial charge in [0.15, 0.2) is 5.52 Å². The molecule has 0 radical (unpaired) electrons. The molecule has 0 atom stereocenters. The lowest BCUT2D eigenvalue weighted by atomic mass is 10.2. The lowest BCUT2D eigenvalue weighted by Gasteiger charge is -2.06. The van der Waals surface area contributed by atoms with Crippen molar-refractivity contribution in [2.24, 2.45) is 11.8 Å². The van der Waals surface area contributed by atoms with Gasteiger partial charge in [0.2, 0.25) is 5.82 Å². The van der Waals surface area contributed by atoms with Crippen molar-refractivity contribution >= 4 is 32.4 Å². The van der Waals surface area contributed by atoms with E-state index in [-0.39, 0.29) is 4.90 Å². The van der Waals surface area contributed by atoms with Gasteiger partial charge in [-0.1, -0.05) is 62.5 Å². The molecule has 8 heteroatoms. The van der Waals surface area contributed by atoms with Crippen molar-refractivity contribution in [2.75, 3.05) is 0 Å². The summed E-state index contributed by atoms with van der Waals surface area (Å²) in [5, 5.41) is 0. The van der Waals surface area contributed by atoms with E-state index < -0.39 is 10.1 Å². The molecule has 0 aliphatic rings. The lowest BCUT2D eigenvalue weighted by Crippen LogP contribution is -2.39. The third kappa shape index (κ3) is 5.94. The van der Waals surface area contributed by atoms with E-state index in [9.17, 15) is 13.0 Å². The fourth-order valence-corrected chi connectivity index (χ4v) is 4.14. The fourth-order valence-electron chi connectivity index (χ4n) is 3.67. The molecule has 0 unspecified atom stereocenters. The Bertz CT molecular complexity index is 1290. The first kappa shape index (κ1) is 24.8. The van der Waals surface area contributed by atoms with Crippen LogP contribution in [0, 0.1) is 25.7 Å². The minimum absolute atomic E-state index is 0.178. The highest BCUT2D eigenvalue weighted by atomic mass is 32.2. The third-order valence-corrected chi connectivity index (χ3v) is 6.08. The number of nitrogens with zero attached hydrogens (tertiary/aromatic N) is 4. The standard InChI is InChI=1S/C18H25N4.C7H8O3S/c1-12(2)10-21-14(5)22(11-13(3)4)18-17(21)19-15-8-6-7-9-16(15)20-18;1-6-2-4-7(5-3-6)11(8,9)10/h6-9,12-13H,10-11H2,1-5H3;2-5H,1H3,(H,8,9,10)/q+1;/p-1. The van der Waals surface area contributed by atoms with Gasteiger partial charge in [-0.15, -0.1) is 0 Å². The molecule has 176 valence electrons. The van der Waals surface area contributed by atoms with Gasteiger partial charge in [0.1, 0.15) is 15.6 Å². The van der Waals surface area contributed by atoms with Crippen LogP contribution in [0.25, 0.3) is 22.3 Å². The number of benzene rings is 2. The molecule has 33 heavy (non-hydrogen) atoms. The molecule has 0 saturated heterocycles. The minimum Gasteiger partial charge on any atom is -0.744 e. The monoisotopic (exact) mass is 468 g/mol. The van der Waals surface area contributed by atoms with Crippen LogP contribution in [0.15, 0.2) is 53.4 Å². The van der Waals surface area contributed by atoms with Crippen LogP contribution < -0.4 is 4.57 Å². The Kier molecular flexibility index (Phi) is 7.49. The van der Waals surface area contributed by atoms with Crippen LogP contribution in [0.4, 0.5) is 0 Å². The predicted octanol–water partition coefficient (Wildman–Crippen LogP) is 4.39. The van der Waals surface area contributed by atoms with Gasteiger partial charge in [0, 0.05) is 6.92 Å². The summed E-state index contributed by atoms with van der Waals surface area (Å²) in [4.78, 5) is 9.62. The molecule has 4 aromatic rings. The second kappa shape index (κ2) is 9.97. The van der Waals surface area contributed by atoms with E-state index in [2.05, 4.69) is 43.8 Å². The molecule has 0 fully saturated rings. The van der Waals surface area contributed by atoms with Crippen molar-refractivity contribution < 1.29 is 17.5 Å². The molecular weight excluding hydrogens is 436 g/mol. The molecule has 0 bridgehead atoms. The van der Waals surface area contributed by atoms with Crippen LogP contribution >= 0.6 is 0 Å². The highest BCUT2D eigenvalue weighted by molar-refractivity contribution is 7.85. The molecule has 2 aromatic heterocycles. The smallest absolute Gasteiger partial charge is 0.322 e. The van der Waals surface area contributed by atoms with E-state index in [1.165, 1.54) is 18.0 Å². The molecule has 7 nitrogen and oxygen atoms in total. The van der Waals surface area contributed by atoms with Gasteiger partial charge in [-0.25, -0.2) is 22.5 Å². The first-order valence-corrected chi connectivity index (χ1v) is 12.6. The highest BCUT2D eigenvalue weighted by Gasteiger charge is 2.25. The van der Waals surface area contributed by atoms with E-state index in [4.69, 9.17) is 9.97 Å². The lowest BCUT2D eigenvalue weighted by molar-refractivity contribution is -0.685. The summed E-state index contributed by atoms with van der Waals surface area (Å²) >= 11 is 0. The van der Waals surface area contributed by atoms with Crippen molar-refractivity contribution in [1.29, 1.82) is 0 Å². The quantitative estimate of drug-likeness (QED) is 0.320. The Morgan fingerprint density at radius 3 is 2.00 bits per heavy atom. The van der Waals surface area contributed by atoms with Gasteiger partial charge >= 0.3 is 5.65 Å². The van der Waals surface area contributed by atoms with E-state index in [1.807, 2.05) is 31.2 Å². The maximum atomic E-state index is 10.4. The summed E-state index contributed by atoms with van der Waals surface area (Å²) < 4.78 is 35.8. The molecule has 0 aliphatic carbocycles. The van der Waals surface area contributed by atoms with Crippen LogP contribution in [-0.2, 0) is 23.2 Å². The van der Waals surface area contributed by atoms with Crippen LogP contribution in [0.2, 0.25) is 0 Å². The topological polar surface area (TPSA) is 91.8 Å². The average molecular weight is 469 g/mol. The van der Waals surface area contributed by atoms with Crippen LogP contribution in [0.1, 0.15) is 39.1 Å². The largest absolute Gasteiger partial charge is 0.744 e. The van der Waals surface area contributed by atoms with Gasteiger partial charge in [-0.05, 0) is 43.0 Å². The summed E-state index contributed by atoms with van der Waals surface area (Å²) in [5.41, 5.74) is 4.87. The summed E-state index contributed by atoms with van der Waals surface area (Å²) in [6.07, 6.45) is 0. The normalized spacial score (nSPS) is 11.9. The molecule has 0 aliphatic heterocycles. The van der Waals surface area contributed by atoms with E-state index >= 15 is 0 Å². The Labute approximate surface area is 195 Å². The van der Waals surface area contributed by atoms with Crippen LogP contribution in [-0.4, -0.2) is 27.5 Å². The summed E-state index contributed by atoms with van der Waals surface area (Å²) in [5.74, 6) is 2.40. The summed E-state index contributed by atoms with van der Waals surface area (Å²) in [7, 11) is -4.27. The number of hydrogen-bond acceptors (Lipinski definition) is 5. The molecule has 2 aromatic carbocycles. The Hall–Kier alpha value is -2.84. The van der Waals surface area contributed by atoms with Gasteiger partial charge in [0.05, 0.1) is 18.0 Å². The maximum absolute atomic E-state index is 10.4.